The van der Waals surface area contributed by atoms with Crippen molar-refractivity contribution < 1.29 is 14.3 Å². The first-order valence-corrected chi connectivity index (χ1v) is 10.0. The molecule has 0 bridgehead atoms. The van der Waals surface area contributed by atoms with Crippen molar-refractivity contribution in [1.82, 2.24) is 15.1 Å². The van der Waals surface area contributed by atoms with E-state index in [1.807, 2.05) is 54.0 Å². The molecule has 7 nitrogen and oxygen atoms in total. The molecule has 0 aliphatic carbocycles. The third kappa shape index (κ3) is 7.83. The molecule has 29 heavy (non-hydrogen) atoms. The number of guanidine groups is 1. The summed E-state index contributed by atoms with van der Waals surface area (Å²) in [5, 5.41) is 3.16. The van der Waals surface area contributed by atoms with Crippen LogP contribution < -0.4 is 5.32 Å². The highest BCUT2D eigenvalue weighted by atomic mass is 127. The average Bonchev–Trinajstić information content (AvgIpc) is 2.73. The van der Waals surface area contributed by atoms with Crippen molar-refractivity contribution in [2.24, 2.45) is 10.9 Å². The Hall–Kier alpha value is -1.84. The molecule has 0 saturated carbocycles. The number of hydrogen-bond acceptors (Lipinski definition) is 4. The van der Waals surface area contributed by atoms with Gasteiger partial charge in [0, 0.05) is 33.2 Å². The number of halogens is 1. The van der Waals surface area contributed by atoms with Crippen molar-refractivity contribution in [1.29, 1.82) is 0 Å². The number of nitrogens with one attached hydrogen (secondary N) is 1. The van der Waals surface area contributed by atoms with Crippen LogP contribution in [0.5, 0.6) is 0 Å². The maximum atomic E-state index is 12.7. The first-order chi connectivity index (χ1) is 13.6. The zero-order valence-electron chi connectivity index (χ0n) is 17.6. The number of carbonyl (C=O) groups excluding carboxylic acids is 2. The fraction of sp³-hybridized carbons (Fsp3) is 0.571. The van der Waals surface area contributed by atoms with Gasteiger partial charge in [-0.3, -0.25) is 14.6 Å². The molecule has 0 spiro atoms. The molecular formula is C21H33IN4O3. The molecule has 1 aliphatic heterocycles. The summed E-state index contributed by atoms with van der Waals surface area (Å²) in [5.74, 6) is 0.372. The Kier molecular flexibility index (Phi) is 11.6. The maximum absolute atomic E-state index is 12.7. The Morgan fingerprint density at radius 2 is 2.00 bits per heavy atom. The summed E-state index contributed by atoms with van der Waals surface area (Å²) in [6.45, 7) is 6.97. The number of piperidine rings is 1. The average molecular weight is 516 g/mol. The van der Waals surface area contributed by atoms with Gasteiger partial charge in [-0.1, -0.05) is 30.3 Å². The molecule has 1 heterocycles. The highest BCUT2D eigenvalue weighted by molar-refractivity contribution is 14.0. The lowest BCUT2D eigenvalue weighted by atomic mass is 9.98. The SMILES string of the molecule is CCOC(=O)C1CCCN(C(=NC)NCC(=O)N(CC)Cc2ccccc2)C1.I. The number of likely N-dealkylation sites (tertiary alicyclic amines) is 1. The van der Waals surface area contributed by atoms with Gasteiger partial charge in [-0.05, 0) is 32.3 Å². The van der Waals surface area contributed by atoms with E-state index in [0.717, 1.165) is 24.9 Å². The van der Waals surface area contributed by atoms with Gasteiger partial charge in [0.05, 0.1) is 19.1 Å². The summed E-state index contributed by atoms with van der Waals surface area (Å²) in [6, 6.07) is 9.96. The topological polar surface area (TPSA) is 74.2 Å². The summed E-state index contributed by atoms with van der Waals surface area (Å²) in [5.41, 5.74) is 1.11. The second-order valence-corrected chi connectivity index (χ2v) is 6.83. The van der Waals surface area contributed by atoms with Gasteiger partial charge < -0.3 is 19.9 Å². The summed E-state index contributed by atoms with van der Waals surface area (Å²) >= 11 is 0. The van der Waals surface area contributed by atoms with Gasteiger partial charge in [0.25, 0.3) is 0 Å². The van der Waals surface area contributed by atoms with Gasteiger partial charge >= 0.3 is 5.97 Å². The minimum Gasteiger partial charge on any atom is -0.466 e. The molecule has 1 aromatic carbocycles. The largest absolute Gasteiger partial charge is 0.466 e. The van der Waals surface area contributed by atoms with Crippen LogP contribution in [0.3, 0.4) is 0 Å². The third-order valence-corrected chi connectivity index (χ3v) is 4.90. The standard InChI is InChI=1S/C21H32N4O3.HI/c1-4-24(15-17-10-7-6-8-11-17)19(26)14-23-21(22-3)25-13-9-12-18(16-25)20(27)28-5-2;/h6-8,10-11,18H,4-5,9,12-16H2,1-3H3,(H,22,23);1H. The smallest absolute Gasteiger partial charge is 0.310 e. The van der Waals surface area contributed by atoms with Crippen LogP contribution >= 0.6 is 24.0 Å². The molecule has 1 saturated heterocycles. The van der Waals surface area contributed by atoms with Crippen LogP contribution in [0.15, 0.2) is 35.3 Å². The van der Waals surface area contributed by atoms with E-state index in [-0.39, 0.29) is 48.3 Å². The van der Waals surface area contributed by atoms with Crippen LogP contribution in [0.1, 0.15) is 32.3 Å². The summed E-state index contributed by atoms with van der Waals surface area (Å²) < 4.78 is 5.16. The van der Waals surface area contributed by atoms with Gasteiger partial charge in [-0.2, -0.15) is 0 Å². The fourth-order valence-electron chi connectivity index (χ4n) is 3.40. The van der Waals surface area contributed by atoms with Crippen LogP contribution in [0.2, 0.25) is 0 Å². The number of rotatable bonds is 7. The number of benzene rings is 1. The van der Waals surface area contributed by atoms with E-state index in [9.17, 15) is 9.59 Å². The molecule has 2 rings (SSSR count). The Labute approximate surface area is 190 Å². The number of nitrogens with zero attached hydrogens (tertiary/aromatic N) is 3. The van der Waals surface area contributed by atoms with E-state index >= 15 is 0 Å². The second kappa shape index (κ2) is 13.4. The van der Waals surface area contributed by atoms with E-state index in [0.29, 0.717) is 32.2 Å². The molecule has 1 aliphatic rings. The Balaban J connectivity index is 0.00000420. The summed E-state index contributed by atoms with van der Waals surface area (Å²) in [4.78, 5) is 32.9. The Morgan fingerprint density at radius 3 is 2.62 bits per heavy atom. The third-order valence-electron chi connectivity index (χ3n) is 4.90. The molecule has 1 unspecified atom stereocenters. The molecule has 1 amide bonds. The number of aliphatic imine (C=N–C) groups is 1. The van der Waals surface area contributed by atoms with Crippen LogP contribution in [0.25, 0.3) is 0 Å². The first kappa shape index (κ1) is 25.2. The molecule has 0 aromatic heterocycles. The van der Waals surface area contributed by atoms with Crippen LogP contribution in [0, 0.1) is 5.92 Å². The number of likely N-dealkylation sites (N-methyl/N-ethyl adjacent to an activating group) is 1. The highest BCUT2D eigenvalue weighted by Gasteiger charge is 2.28. The zero-order chi connectivity index (χ0) is 20.4. The summed E-state index contributed by atoms with van der Waals surface area (Å²) in [6.07, 6.45) is 1.72. The van der Waals surface area contributed by atoms with Crippen LogP contribution in [-0.2, 0) is 20.9 Å². The number of carbonyl (C=O) groups is 2. The van der Waals surface area contributed by atoms with Crippen molar-refractivity contribution in [2.45, 2.75) is 33.2 Å². The highest BCUT2D eigenvalue weighted by Crippen LogP contribution is 2.18. The zero-order valence-corrected chi connectivity index (χ0v) is 19.9. The van der Waals surface area contributed by atoms with Gasteiger partial charge in [-0.25, -0.2) is 0 Å². The monoisotopic (exact) mass is 516 g/mol. The van der Waals surface area contributed by atoms with Crippen molar-refractivity contribution in [3.05, 3.63) is 35.9 Å². The lowest BCUT2D eigenvalue weighted by molar-refractivity contribution is -0.149. The molecular weight excluding hydrogens is 483 g/mol. The number of amides is 1. The first-order valence-electron chi connectivity index (χ1n) is 10.0. The molecule has 162 valence electrons. The lowest BCUT2D eigenvalue weighted by Crippen LogP contribution is -2.50. The maximum Gasteiger partial charge on any atom is 0.310 e. The van der Waals surface area contributed by atoms with Crippen molar-refractivity contribution in [3.8, 4) is 0 Å². The second-order valence-electron chi connectivity index (χ2n) is 6.83. The van der Waals surface area contributed by atoms with E-state index in [1.165, 1.54) is 0 Å². The molecule has 8 heteroatoms. The van der Waals surface area contributed by atoms with Crippen molar-refractivity contribution >= 4 is 41.8 Å². The molecule has 0 radical (unpaired) electrons. The normalized spacial score (nSPS) is 16.6. The minimum absolute atomic E-state index is 0. The molecule has 1 fully saturated rings. The Morgan fingerprint density at radius 1 is 1.28 bits per heavy atom. The lowest BCUT2D eigenvalue weighted by Gasteiger charge is -2.34. The molecule has 1 aromatic rings. The Bertz CT molecular complexity index is 669. The predicted octanol–water partition coefficient (Wildman–Crippen LogP) is 2.50. The minimum atomic E-state index is -0.154. The van der Waals surface area contributed by atoms with Gasteiger partial charge in [0.2, 0.25) is 5.91 Å². The van der Waals surface area contributed by atoms with Crippen molar-refractivity contribution in [2.75, 3.05) is 39.8 Å². The van der Waals surface area contributed by atoms with E-state index in [1.54, 1.807) is 7.05 Å². The molecule has 1 atom stereocenters. The predicted molar refractivity (Wildman–Crippen MR) is 125 cm³/mol. The summed E-state index contributed by atoms with van der Waals surface area (Å²) in [7, 11) is 1.70. The van der Waals surface area contributed by atoms with E-state index < -0.39 is 0 Å². The quantitative estimate of drug-likeness (QED) is 0.261. The number of esters is 1. The molecule has 1 N–H and O–H groups in total. The van der Waals surface area contributed by atoms with Gasteiger partial charge in [0.15, 0.2) is 5.96 Å². The van der Waals surface area contributed by atoms with E-state index in [4.69, 9.17) is 4.74 Å². The van der Waals surface area contributed by atoms with Crippen molar-refractivity contribution in [3.63, 3.8) is 0 Å². The van der Waals surface area contributed by atoms with E-state index in [2.05, 4.69) is 10.3 Å². The van der Waals surface area contributed by atoms with Gasteiger partial charge in [0.1, 0.15) is 0 Å². The van der Waals surface area contributed by atoms with Crippen LogP contribution in [-0.4, -0.2) is 67.5 Å². The fourth-order valence-corrected chi connectivity index (χ4v) is 3.40. The number of hydrogen-bond donors (Lipinski definition) is 1. The van der Waals surface area contributed by atoms with Gasteiger partial charge in [-0.15, -0.1) is 24.0 Å². The van der Waals surface area contributed by atoms with Crippen LogP contribution in [0.4, 0.5) is 0 Å². The number of ether oxygens (including phenoxy) is 1.